The van der Waals surface area contributed by atoms with Gasteiger partial charge in [-0.25, -0.2) is 0 Å². The predicted octanol–water partition coefficient (Wildman–Crippen LogP) is 12.7. The molecule has 4 heteroatoms. The SMILES string of the molecule is CCCCCCCC/C=C\CCCCCCCCC(C(N)=O)C(C)C(CCCCCCCC/C=C\CCCCCCCC)C(N)=O. The number of hydrogen-bond acceptors (Lipinski definition) is 2. The fraction of sp³-hybridized carbons (Fsp3) is 0.857. The Bertz CT molecular complexity index is 671. The number of allylic oxidation sites excluding steroid dienone is 4. The van der Waals surface area contributed by atoms with Gasteiger partial charge in [0.1, 0.15) is 0 Å². The summed E-state index contributed by atoms with van der Waals surface area (Å²) in [7, 11) is 0. The molecule has 0 aliphatic carbocycles. The quantitative estimate of drug-likeness (QED) is 0.0525. The Kier molecular flexibility index (Phi) is 33.6. The minimum Gasteiger partial charge on any atom is -0.369 e. The van der Waals surface area contributed by atoms with Gasteiger partial charge in [-0.05, 0) is 70.1 Å². The number of amides is 2. The summed E-state index contributed by atoms with van der Waals surface area (Å²) in [4.78, 5) is 24.7. The van der Waals surface area contributed by atoms with Crippen LogP contribution in [0.1, 0.15) is 213 Å². The van der Waals surface area contributed by atoms with Gasteiger partial charge in [0, 0.05) is 11.8 Å². The maximum atomic E-state index is 12.3. The monoisotopic (exact) mass is 645 g/mol. The zero-order valence-electron chi connectivity index (χ0n) is 31.2. The Morgan fingerprint density at radius 1 is 0.413 bits per heavy atom. The molecule has 0 heterocycles. The van der Waals surface area contributed by atoms with Crippen LogP contribution in [0.15, 0.2) is 24.3 Å². The molecule has 4 nitrogen and oxygen atoms in total. The molecule has 2 unspecified atom stereocenters. The van der Waals surface area contributed by atoms with E-state index in [0.717, 1.165) is 38.5 Å². The highest BCUT2D eigenvalue weighted by Crippen LogP contribution is 2.30. The largest absolute Gasteiger partial charge is 0.369 e. The van der Waals surface area contributed by atoms with E-state index in [4.69, 9.17) is 11.5 Å². The first-order valence-electron chi connectivity index (χ1n) is 20.3. The number of primary amides is 2. The summed E-state index contributed by atoms with van der Waals surface area (Å²) < 4.78 is 0. The first-order valence-corrected chi connectivity index (χ1v) is 20.3. The van der Waals surface area contributed by atoms with Crippen molar-refractivity contribution in [3.8, 4) is 0 Å². The van der Waals surface area contributed by atoms with Crippen molar-refractivity contribution >= 4 is 11.8 Å². The third-order valence-electron chi connectivity index (χ3n) is 10.1. The first kappa shape index (κ1) is 44.4. The molecule has 2 amide bonds. The van der Waals surface area contributed by atoms with Crippen molar-refractivity contribution in [2.24, 2.45) is 29.2 Å². The normalized spacial score (nSPS) is 13.9. The van der Waals surface area contributed by atoms with Crippen LogP contribution in [0.4, 0.5) is 0 Å². The van der Waals surface area contributed by atoms with Crippen molar-refractivity contribution < 1.29 is 9.59 Å². The molecule has 0 aliphatic heterocycles. The van der Waals surface area contributed by atoms with Crippen LogP contribution in [0.2, 0.25) is 0 Å². The number of rotatable bonds is 36. The molecule has 0 aliphatic rings. The van der Waals surface area contributed by atoms with Crippen molar-refractivity contribution in [2.45, 2.75) is 213 Å². The van der Waals surface area contributed by atoms with E-state index in [1.807, 2.05) is 6.92 Å². The van der Waals surface area contributed by atoms with Crippen molar-refractivity contribution in [1.29, 1.82) is 0 Å². The predicted molar refractivity (Wildman–Crippen MR) is 203 cm³/mol. The van der Waals surface area contributed by atoms with Crippen molar-refractivity contribution in [3.63, 3.8) is 0 Å². The first-order chi connectivity index (χ1) is 22.5. The zero-order valence-corrected chi connectivity index (χ0v) is 31.2. The van der Waals surface area contributed by atoms with E-state index < -0.39 is 0 Å². The molecule has 0 rings (SSSR count). The molecule has 4 N–H and O–H groups in total. The highest BCUT2D eigenvalue weighted by atomic mass is 16.1. The second-order valence-electron chi connectivity index (χ2n) is 14.3. The van der Waals surface area contributed by atoms with Gasteiger partial charge < -0.3 is 11.5 Å². The van der Waals surface area contributed by atoms with E-state index in [2.05, 4.69) is 38.2 Å². The number of unbranched alkanes of at least 4 members (excludes halogenated alkanes) is 24. The van der Waals surface area contributed by atoms with E-state index in [1.165, 1.54) is 154 Å². The maximum absolute atomic E-state index is 12.3. The Morgan fingerprint density at radius 2 is 0.652 bits per heavy atom. The molecule has 0 aromatic carbocycles. The maximum Gasteiger partial charge on any atom is 0.220 e. The molecule has 0 saturated heterocycles. The molecule has 0 radical (unpaired) electrons. The fourth-order valence-corrected chi connectivity index (χ4v) is 6.83. The smallest absolute Gasteiger partial charge is 0.220 e. The molecule has 0 spiro atoms. The molecule has 0 aromatic heterocycles. The molecular formula is C42H80N2O2. The molecule has 0 fully saturated rings. The third-order valence-corrected chi connectivity index (χ3v) is 10.1. The molecule has 0 bridgehead atoms. The lowest BCUT2D eigenvalue weighted by molar-refractivity contribution is -0.128. The lowest BCUT2D eigenvalue weighted by Gasteiger charge is -2.27. The highest BCUT2D eigenvalue weighted by molar-refractivity contribution is 5.80. The number of carbonyl (C=O) groups is 2. The lowest BCUT2D eigenvalue weighted by Crippen LogP contribution is -2.38. The van der Waals surface area contributed by atoms with Gasteiger partial charge in [0.2, 0.25) is 11.8 Å². The summed E-state index contributed by atoms with van der Waals surface area (Å²) in [5, 5.41) is 0. The van der Waals surface area contributed by atoms with Crippen LogP contribution in [-0.2, 0) is 9.59 Å². The Balaban J connectivity index is 3.96. The summed E-state index contributed by atoms with van der Waals surface area (Å²) >= 11 is 0. The number of nitrogens with two attached hydrogens (primary N) is 2. The molecular weight excluding hydrogens is 564 g/mol. The zero-order chi connectivity index (χ0) is 33.9. The molecule has 0 aromatic rings. The molecule has 2 atom stereocenters. The summed E-state index contributed by atoms with van der Waals surface area (Å²) in [5.41, 5.74) is 11.7. The average molecular weight is 645 g/mol. The van der Waals surface area contributed by atoms with Crippen LogP contribution in [-0.4, -0.2) is 11.8 Å². The van der Waals surface area contributed by atoms with Gasteiger partial charge in [-0.3, -0.25) is 9.59 Å². The standard InChI is InChI=1S/C42H80N2O2/c1-4-6-8-10-12-14-16-18-20-22-24-26-28-30-32-34-36-39(41(43)45)38(3)40(42(44)46)37-35-33-31-29-27-25-23-21-19-17-15-13-11-9-7-5-2/h18-21,38-40H,4-17,22-37H2,1-3H3,(H2,43,45)(H2,44,46)/b20-18-,21-19-. The molecule has 270 valence electrons. The lowest BCUT2D eigenvalue weighted by atomic mass is 9.77. The Labute approximate surface area is 287 Å². The van der Waals surface area contributed by atoms with Crippen LogP contribution >= 0.6 is 0 Å². The van der Waals surface area contributed by atoms with Crippen molar-refractivity contribution in [2.75, 3.05) is 0 Å². The summed E-state index contributed by atoms with van der Waals surface area (Å²) in [5.74, 6) is -1.15. The van der Waals surface area contributed by atoms with Gasteiger partial charge in [0.15, 0.2) is 0 Å². The van der Waals surface area contributed by atoms with Gasteiger partial charge in [0.25, 0.3) is 0 Å². The molecule has 46 heavy (non-hydrogen) atoms. The second-order valence-corrected chi connectivity index (χ2v) is 14.3. The van der Waals surface area contributed by atoms with Crippen LogP contribution in [0, 0.1) is 17.8 Å². The third kappa shape index (κ3) is 28.6. The van der Waals surface area contributed by atoms with Crippen LogP contribution in [0.3, 0.4) is 0 Å². The summed E-state index contributed by atoms with van der Waals surface area (Å²) in [6, 6.07) is 0. The van der Waals surface area contributed by atoms with Crippen molar-refractivity contribution in [1.82, 2.24) is 0 Å². The number of hydrogen-bond donors (Lipinski definition) is 2. The van der Waals surface area contributed by atoms with Crippen LogP contribution in [0.25, 0.3) is 0 Å². The summed E-state index contributed by atoms with van der Waals surface area (Å²) in [6.07, 6.45) is 46.6. The van der Waals surface area contributed by atoms with Crippen molar-refractivity contribution in [3.05, 3.63) is 24.3 Å². The van der Waals surface area contributed by atoms with Gasteiger partial charge in [-0.2, -0.15) is 0 Å². The van der Waals surface area contributed by atoms with Gasteiger partial charge in [-0.15, -0.1) is 0 Å². The van der Waals surface area contributed by atoms with E-state index in [-0.39, 0.29) is 29.6 Å². The van der Waals surface area contributed by atoms with Gasteiger partial charge in [0.05, 0.1) is 0 Å². The van der Waals surface area contributed by atoms with Gasteiger partial charge >= 0.3 is 0 Å². The van der Waals surface area contributed by atoms with E-state index in [1.54, 1.807) is 0 Å². The van der Waals surface area contributed by atoms with E-state index in [0.29, 0.717) is 0 Å². The van der Waals surface area contributed by atoms with Crippen LogP contribution in [0.5, 0.6) is 0 Å². The van der Waals surface area contributed by atoms with Crippen LogP contribution < -0.4 is 11.5 Å². The fourth-order valence-electron chi connectivity index (χ4n) is 6.83. The Hall–Kier alpha value is -1.58. The number of carbonyl (C=O) groups excluding carboxylic acids is 2. The summed E-state index contributed by atoms with van der Waals surface area (Å²) in [6.45, 7) is 6.56. The Morgan fingerprint density at radius 3 is 0.913 bits per heavy atom. The van der Waals surface area contributed by atoms with E-state index in [9.17, 15) is 9.59 Å². The highest BCUT2D eigenvalue weighted by Gasteiger charge is 2.32. The second kappa shape index (κ2) is 34.7. The average Bonchev–Trinajstić information content (AvgIpc) is 3.03. The van der Waals surface area contributed by atoms with Gasteiger partial charge in [-0.1, -0.05) is 173 Å². The minimum absolute atomic E-state index is 0.0822. The minimum atomic E-state index is -0.271. The van der Waals surface area contributed by atoms with E-state index >= 15 is 0 Å². The topological polar surface area (TPSA) is 86.2 Å². The molecule has 0 saturated carbocycles.